The summed E-state index contributed by atoms with van der Waals surface area (Å²) in [6, 6.07) is 9.63. The third-order valence-corrected chi connectivity index (χ3v) is 3.59. The summed E-state index contributed by atoms with van der Waals surface area (Å²) in [5.41, 5.74) is 2.48. The van der Waals surface area contributed by atoms with Gasteiger partial charge in [-0.05, 0) is 43.9 Å². The molecule has 0 spiro atoms. The lowest BCUT2D eigenvalue weighted by Crippen LogP contribution is -2.33. The molecular weight excluding hydrogens is 236 g/mol. The van der Waals surface area contributed by atoms with Gasteiger partial charge in [-0.3, -0.25) is 4.79 Å². The molecule has 1 aromatic rings. The topological polar surface area (TPSA) is 52.9 Å². The normalized spacial score (nSPS) is 16.6. The van der Waals surface area contributed by atoms with Gasteiger partial charge in [0.2, 0.25) is 5.91 Å². The summed E-state index contributed by atoms with van der Waals surface area (Å²) < 4.78 is 0. The van der Waals surface area contributed by atoms with Crippen molar-refractivity contribution in [3.63, 3.8) is 0 Å². The SMILES string of the molecule is CCC(C)=CC(=O)NC1(c2cccc(C#N)c2)CC1. The van der Waals surface area contributed by atoms with E-state index in [0.29, 0.717) is 5.56 Å². The number of carbonyl (C=O) groups is 1. The highest BCUT2D eigenvalue weighted by Gasteiger charge is 2.45. The van der Waals surface area contributed by atoms with Crippen LogP contribution in [0.25, 0.3) is 0 Å². The molecule has 2 rings (SSSR count). The highest BCUT2D eigenvalue weighted by Crippen LogP contribution is 2.45. The number of hydrogen-bond donors (Lipinski definition) is 1. The second-order valence-electron chi connectivity index (χ2n) is 5.11. The Morgan fingerprint density at radius 3 is 2.84 bits per heavy atom. The van der Waals surface area contributed by atoms with Crippen LogP contribution < -0.4 is 5.32 Å². The standard InChI is InChI=1S/C16H18N2O/c1-3-12(2)9-15(19)18-16(7-8-16)14-6-4-5-13(10-14)11-17/h4-6,9-10H,3,7-8H2,1-2H3,(H,18,19). The summed E-state index contributed by atoms with van der Waals surface area (Å²) in [6.07, 6.45) is 4.41. The zero-order chi connectivity index (χ0) is 13.9. The van der Waals surface area contributed by atoms with Gasteiger partial charge in [-0.15, -0.1) is 0 Å². The van der Waals surface area contributed by atoms with Gasteiger partial charge in [0.15, 0.2) is 0 Å². The van der Waals surface area contributed by atoms with Crippen LogP contribution >= 0.6 is 0 Å². The number of allylic oxidation sites excluding steroid dienone is 1. The average molecular weight is 254 g/mol. The monoisotopic (exact) mass is 254 g/mol. The van der Waals surface area contributed by atoms with E-state index in [1.54, 1.807) is 12.1 Å². The first kappa shape index (κ1) is 13.4. The molecule has 19 heavy (non-hydrogen) atoms. The molecule has 3 nitrogen and oxygen atoms in total. The number of amides is 1. The fraction of sp³-hybridized carbons (Fsp3) is 0.375. The lowest BCUT2D eigenvalue weighted by atomic mass is 10.0. The first-order chi connectivity index (χ1) is 9.09. The summed E-state index contributed by atoms with van der Waals surface area (Å²) in [5.74, 6) is -0.0424. The molecule has 0 unspecified atom stereocenters. The number of nitrogens with zero attached hydrogens (tertiary/aromatic N) is 1. The predicted molar refractivity (Wildman–Crippen MR) is 74.3 cm³/mol. The fourth-order valence-electron chi connectivity index (χ4n) is 2.10. The van der Waals surface area contributed by atoms with E-state index in [-0.39, 0.29) is 11.4 Å². The number of nitrogens with one attached hydrogen (secondary N) is 1. The van der Waals surface area contributed by atoms with Crippen molar-refractivity contribution in [2.75, 3.05) is 0 Å². The molecule has 0 atom stereocenters. The average Bonchev–Trinajstić information content (AvgIpc) is 3.19. The van der Waals surface area contributed by atoms with Crippen LogP contribution in [0.2, 0.25) is 0 Å². The Kier molecular flexibility index (Phi) is 3.71. The van der Waals surface area contributed by atoms with Crippen molar-refractivity contribution in [1.29, 1.82) is 5.26 Å². The Morgan fingerprint density at radius 2 is 2.26 bits per heavy atom. The minimum Gasteiger partial charge on any atom is -0.343 e. The number of benzene rings is 1. The van der Waals surface area contributed by atoms with Crippen LogP contribution in [0.5, 0.6) is 0 Å². The predicted octanol–water partition coefficient (Wildman–Crippen LogP) is 3.02. The lowest BCUT2D eigenvalue weighted by Gasteiger charge is -2.17. The van der Waals surface area contributed by atoms with Crippen molar-refractivity contribution in [3.8, 4) is 6.07 Å². The van der Waals surface area contributed by atoms with Crippen molar-refractivity contribution in [2.45, 2.75) is 38.6 Å². The Balaban J connectivity index is 2.15. The van der Waals surface area contributed by atoms with Crippen molar-refractivity contribution >= 4 is 5.91 Å². The number of rotatable bonds is 4. The van der Waals surface area contributed by atoms with Crippen LogP contribution in [-0.2, 0) is 10.3 Å². The summed E-state index contributed by atoms with van der Waals surface area (Å²) in [6.45, 7) is 3.98. The highest BCUT2D eigenvalue weighted by atomic mass is 16.1. The molecule has 1 aliphatic rings. The lowest BCUT2D eigenvalue weighted by molar-refractivity contribution is -0.117. The third-order valence-electron chi connectivity index (χ3n) is 3.59. The molecule has 1 amide bonds. The number of hydrogen-bond acceptors (Lipinski definition) is 2. The summed E-state index contributed by atoms with van der Waals surface area (Å²) in [7, 11) is 0. The number of carbonyl (C=O) groups excluding carboxylic acids is 1. The van der Waals surface area contributed by atoms with Gasteiger partial charge in [-0.1, -0.05) is 24.6 Å². The van der Waals surface area contributed by atoms with Crippen LogP contribution in [0.3, 0.4) is 0 Å². The minimum atomic E-state index is -0.255. The molecular formula is C16H18N2O. The molecule has 0 radical (unpaired) electrons. The fourth-order valence-corrected chi connectivity index (χ4v) is 2.10. The van der Waals surface area contributed by atoms with E-state index in [0.717, 1.165) is 30.4 Å². The second kappa shape index (κ2) is 5.27. The third kappa shape index (κ3) is 3.03. The van der Waals surface area contributed by atoms with Gasteiger partial charge in [0, 0.05) is 6.08 Å². The number of nitriles is 1. The van der Waals surface area contributed by atoms with E-state index in [1.807, 2.05) is 32.0 Å². The van der Waals surface area contributed by atoms with Gasteiger partial charge in [0.1, 0.15) is 0 Å². The van der Waals surface area contributed by atoms with E-state index >= 15 is 0 Å². The van der Waals surface area contributed by atoms with Crippen LogP contribution in [-0.4, -0.2) is 5.91 Å². The molecule has 1 aromatic carbocycles. The highest BCUT2D eigenvalue weighted by molar-refractivity contribution is 5.89. The molecule has 0 heterocycles. The van der Waals surface area contributed by atoms with E-state index in [2.05, 4.69) is 11.4 Å². The molecule has 0 bridgehead atoms. The van der Waals surface area contributed by atoms with Crippen molar-refractivity contribution < 1.29 is 4.79 Å². The molecule has 1 fully saturated rings. The minimum absolute atomic E-state index is 0.0424. The Hall–Kier alpha value is -2.08. The Morgan fingerprint density at radius 1 is 1.53 bits per heavy atom. The van der Waals surface area contributed by atoms with Gasteiger partial charge in [0.25, 0.3) is 0 Å². The summed E-state index contributed by atoms with van der Waals surface area (Å²) in [4.78, 5) is 11.9. The maximum Gasteiger partial charge on any atom is 0.244 e. The second-order valence-corrected chi connectivity index (χ2v) is 5.11. The quantitative estimate of drug-likeness (QED) is 0.840. The summed E-state index contributed by atoms with van der Waals surface area (Å²) in [5, 5.41) is 12.0. The van der Waals surface area contributed by atoms with E-state index in [1.165, 1.54) is 0 Å². The molecule has 1 N–H and O–H groups in total. The summed E-state index contributed by atoms with van der Waals surface area (Å²) >= 11 is 0. The molecule has 0 aromatic heterocycles. The van der Waals surface area contributed by atoms with Crippen LogP contribution in [0.15, 0.2) is 35.9 Å². The van der Waals surface area contributed by atoms with E-state index in [4.69, 9.17) is 5.26 Å². The van der Waals surface area contributed by atoms with E-state index < -0.39 is 0 Å². The van der Waals surface area contributed by atoms with Gasteiger partial charge in [0.05, 0.1) is 17.2 Å². The van der Waals surface area contributed by atoms with Gasteiger partial charge in [-0.25, -0.2) is 0 Å². The molecule has 1 saturated carbocycles. The first-order valence-corrected chi connectivity index (χ1v) is 6.59. The maximum atomic E-state index is 11.9. The van der Waals surface area contributed by atoms with Gasteiger partial charge >= 0.3 is 0 Å². The van der Waals surface area contributed by atoms with Gasteiger partial charge in [-0.2, -0.15) is 5.26 Å². The zero-order valence-corrected chi connectivity index (χ0v) is 11.4. The Bertz CT molecular complexity index is 562. The van der Waals surface area contributed by atoms with Gasteiger partial charge < -0.3 is 5.32 Å². The van der Waals surface area contributed by atoms with E-state index in [9.17, 15) is 4.79 Å². The van der Waals surface area contributed by atoms with Crippen molar-refractivity contribution in [3.05, 3.63) is 47.0 Å². The molecule has 1 aliphatic carbocycles. The van der Waals surface area contributed by atoms with Crippen LogP contribution in [0, 0.1) is 11.3 Å². The Labute approximate surface area is 113 Å². The molecule has 0 saturated heterocycles. The van der Waals surface area contributed by atoms with Crippen LogP contribution in [0.4, 0.5) is 0 Å². The largest absolute Gasteiger partial charge is 0.343 e. The zero-order valence-electron chi connectivity index (χ0n) is 11.4. The van der Waals surface area contributed by atoms with Crippen LogP contribution in [0.1, 0.15) is 44.2 Å². The molecule has 3 heteroatoms. The van der Waals surface area contributed by atoms with Crippen molar-refractivity contribution in [1.82, 2.24) is 5.32 Å². The first-order valence-electron chi connectivity index (χ1n) is 6.59. The smallest absolute Gasteiger partial charge is 0.244 e. The molecule has 98 valence electrons. The molecule has 0 aliphatic heterocycles. The van der Waals surface area contributed by atoms with Crippen molar-refractivity contribution in [2.24, 2.45) is 0 Å². The maximum absolute atomic E-state index is 11.9.